The molecule has 170 valence electrons. The van der Waals surface area contributed by atoms with Crippen LogP contribution in [-0.2, 0) is 16.0 Å². The monoisotopic (exact) mass is 461 g/mol. The Hall–Kier alpha value is -2.73. The predicted molar refractivity (Wildman–Crippen MR) is 127 cm³/mol. The van der Waals surface area contributed by atoms with Gasteiger partial charge in [-0.25, -0.2) is 4.98 Å². The first-order valence-corrected chi connectivity index (χ1v) is 12.7. The highest BCUT2D eigenvalue weighted by atomic mass is 32.1. The molecule has 2 aromatic carbocycles. The summed E-state index contributed by atoms with van der Waals surface area (Å²) in [5, 5.41) is 0.532. The summed E-state index contributed by atoms with van der Waals surface area (Å²) in [6.07, 6.45) is 5.18. The summed E-state index contributed by atoms with van der Waals surface area (Å²) in [4.78, 5) is 31.7. The fraction of sp³-hybridized carbons (Fsp3) is 0.444. The lowest BCUT2D eigenvalue weighted by Gasteiger charge is -2.43. The minimum Gasteiger partial charge on any atom is -0.497 e. The third kappa shape index (κ3) is 3.30. The van der Waals surface area contributed by atoms with Crippen molar-refractivity contribution in [2.24, 2.45) is 23.7 Å². The van der Waals surface area contributed by atoms with E-state index in [9.17, 15) is 9.59 Å². The second-order valence-corrected chi connectivity index (χ2v) is 10.6. The molecule has 0 N–H and O–H groups in total. The molecule has 1 aromatic heterocycles. The van der Waals surface area contributed by atoms with Gasteiger partial charge >= 0.3 is 0 Å². The number of nitrogens with zero attached hydrogens (tertiary/aromatic N) is 1. The number of hydrogen-bond acceptors (Lipinski definition) is 6. The number of aromatic nitrogens is 1. The number of Topliss-reactive ketones (excluding diaryl/α,β-unsaturated/α-hetero) is 2. The molecule has 2 unspecified atom stereocenters. The van der Waals surface area contributed by atoms with E-state index in [-0.39, 0.29) is 23.4 Å². The van der Waals surface area contributed by atoms with Crippen LogP contribution in [0.3, 0.4) is 0 Å². The van der Waals surface area contributed by atoms with E-state index in [0.29, 0.717) is 22.8 Å². The maximum atomic E-state index is 13.6. The Balaban J connectivity index is 1.34. The van der Waals surface area contributed by atoms with Crippen LogP contribution in [0, 0.1) is 23.7 Å². The van der Waals surface area contributed by atoms with Crippen molar-refractivity contribution in [1.29, 1.82) is 0 Å². The Morgan fingerprint density at radius 2 is 1.61 bits per heavy atom. The number of ether oxygens (including phenoxy) is 2. The lowest BCUT2D eigenvalue weighted by atomic mass is 9.59. The van der Waals surface area contributed by atoms with Gasteiger partial charge in [-0.1, -0.05) is 24.3 Å². The van der Waals surface area contributed by atoms with Crippen LogP contribution in [0.2, 0.25) is 0 Å². The summed E-state index contributed by atoms with van der Waals surface area (Å²) in [7, 11) is 1.64. The van der Waals surface area contributed by atoms with Gasteiger partial charge in [0.2, 0.25) is 0 Å². The zero-order valence-electron chi connectivity index (χ0n) is 18.9. The minimum absolute atomic E-state index is 0.0662. The number of hydrogen-bond donors (Lipinski definition) is 0. The predicted octanol–water partition coefficient (Wildman–Crippen LogP) is 5.95. The van der Waals surface area contributed by atoms with E-state index in [1.165, 1.54) is 11.3 Å². The van der Waals surface area contributed by atoms with Gasteiger partial charge in [-0.05, 0) is 85.4 Å². The second kappa shape index (κ2) is 7.94. The molecular weight excluding hydrogens is 434 g/mol. The molecule has 0 amide bonds. The molecule has 2 bridgehead atoms. The molecule has 0 spiro atoms. The van der Waals surface area contributed by atoms with Gasteiger partial charge in [0, 0.05) is 11.8 Å². The summed E-state index contributed by atoms with van der Waals surface area (Å²) in [5.74, 6) is 1.71. The fourth-order valence-corrected chi connectivity index (χ4v) is 7.35. The molecule has 0 radical (unpaired) electrons. The number of aryl methyl sites for hydroxylation is 1. The standard InChI is InChI=1S/C27H27NO4S/c1-3-14-8-9-18(32-27-28-20-11-10-17(31-2)13-21(20)33-27)12-19(14)24-25(29)22-15-4-5-16(7-6-15)23(22)26(24)30/h8-13,15-16,22-24H,3-7H2,1-2H3. The lowest BCUT2D eigenvalue weighted by Crippen LogP contribution is -2.41. The fourth-order valence-electron chi connectivity index (χ4n) is 6.48. The topological polar surface area (TPSA) is 65.5 Å². The maximum absolute atomic E-state index is 13.6. The minimum atomic E-state index is -0.640. The maximum Gasteiger partial charge on any atom is 0.279 e. The average Bonchev–Trinajstić information content (AvgIpc) is 3.37. The van der Waals surface area contributed by atoms with E-state index in [2.05, 4.69) is 11.9 Å². The van der Waals surface area contributed by atoms with E-state index < -0.39 is 5.92 Å². The number of carbonyl (C=O) groups excluding carboxylic acids is 2. The van der Waals surface area contributed by atoms with Gasteiger partial charge in [0.25, 0.3) is 5.19 Å². The van der Waals surface area contributed by atoms with Crippen LogP contribution in [0.15, 0.2) is 36.4 Å². The Morgan fingerprint density at radius 1 is 0.939 bits per heavy atom. The molecule has 4 aliphatic rings. The van der Waals surface area contributed by atoms with E-state index >= 15 is 0 Å². The number of rotatable bonds is 5. The molecule has 0 aliphatic heterocycles. The van der Waals surface area contributed by atoms with Crippen LogP contribution in [0.5, 0.6) is 16.7 Å². The lowest BCUT2D eigenvalue weighted by molar-refractivity contribution is -0.129. The van der Waals surface area contributed by atoms with Gasteiger partial charge in [0.15, 0.2) is 11.6 Å². The molecule has 2 atom stereocenters. The van der Waals surface area contributed by atoms with Crippen molar-refractivity contribution in [3.63, 3.8) is 0 Å². The van der Waals surface area contributed by atoms with Crippen LogP contribution >= 0.6 is 11.3 Å². The summed E-state index contributed by atoms with van der Waals surface area (Å²) < 4.78 is 12.4. The molecule has 4 fully saturated rings. The number of methoxy groups -OCH3 is 1. The average molecular weight is 462 g/mol. The van der Waals surface area contributed by atoms with Crippen molar-refractivity contribution < 1.29 is 19.1 Å². The zero-order chi connectivity index (χ0) is 22.7. The van der Waals surface area contributed by atoms with E-state index in [0.717, 1.165) is 59.2 Å². The molecule has 7 rings (SSSR count). The molecular formula is C27H27NO4S. The van der Waals surface area contributed by atoms with Crippen molar-refractivity contribution in [2.75, 3.05) is 7.11 Å². The summed E-state index contributed by atoms with van der Waals surface area (Å²) in [6, 6.07) is 11.6. The Labute approximate surface area is 197 Å². The third-order valence-electron chi connectivity index (χ3n) is 8.04. The molecule has 33 heavy (non-hydrogen) atoms. The van der Waals surface area contributed by atoms with Gasteiger partial charge in [-0.15, -0.1) is 0 Å². The van der Waals surface area contributed by atoms with Crippen molar-refractivity contribution in [3.05, 3.63) is 47.5 Å². The summed E-state index contributed by atoms with van der Waals surface area (Å²) >= 11 is 1.45. The molecule has 4 aliphatic carbocycles. The van der Waals surface area contributed by atoms with Crippen molar-refractivity contribution >= 4 is 33.1 Å². The largest absolute Gasteiger partial charge is 0.497 e. The van der Waals surface area contributed by atoms with Gasteiger partial charge < -0.3 is 9.47 Å². The first-order chi connectivity index (χ1) is 16.1. The van der Waals surface area contributed by atoms with E-state index in [1.807, 2.05) is 36.4 Å². The van der Waals surface area contributed by atoms with Crippen LogP contribution in [-0.4, -0.2) is 23.7 Å². The highest BCUT2D eigenvalue weighted by Crippen LogP contribution is 2.56. The van der Waals surface area contributed by atoms with Crippen LogP contribution in [0.4, 0.5) is 0 Å². The van der Waals surface area contributed by atoms with Crippen molar-refractivity contribution in [1.82, 2.24) is 4.98 Å². The molecule has 4 saturated carbocycles. The Kier molecular flexibility index (Phi) is 5.02. The highest BCUT2D eigenvalue weighted by molar-refractivity contribution is 7.20. The normalized spacial score (nSPS) is 28.4. The first-order valence-electron chi connectivity index (χ1n) is 11.9. The first kappa shape index (κ1) is 20.8. The van der Waals surface area contributed by atoms with Crippen LogP contribution < -0.4 is 9.47 Å². The molecule has 3 aromatic rings. The summed E-state index contributed by atoms with van der Waals surface area (Å²) in [6.45, 7) is 2.07. The molecule has 6 heteroatoms. The number of thiazole rings is 1. The smallest absolute Gasteiger partial charge is 0.279 e. The molecule has 5 nitrogen and oxygen atoms in total. The molecule has 0 saturated heterocycles. The zero-order valence-corrected chi connectivity index (χ0v) is 19.7. The van der Waals surface area contributed by atoms with Gasteiger partial charge in [0.05, 0.1) is 17.3 Å². The van der Waals surface area contributed by atoms with Crippen LogP contribution in [0.25, 0.3) is 10.2 Å². The quantitative estimate of drug-likeness (QED) is 0.440. The van der Waals surface area contributed by atoms with Crippen LogP contribution in [0.1, 0.15) is 49.7 Å². The third-order valence-corrected chi connectivity index (χ3v) is 8.93. The van der Waals surface area contributed by atoms with Gasteiger partial charge in [0.1, 0.15) is 17.4 Å². The number of ketones is 2. The van der Waals surface area contributed by atoms with Gasteiger partial charge in [-0.2, -0.15) is 0 Å². The van der Waals surface area contributed by atoms with Gasteiger partial charge in [-0.3, -0.25) is 9.59 Å². The second-order valence-electron chi connectivity index (χ2n) is 9.59. The van der Waals surface area contributed by atoms with Crippen molar-refractivity contribution in [2.45, 2.75) is 44.9 Å². The SMILES string of the molecule is CCc1ccc(Oc2nc3ccc(OC)cc3s2)cc1C1C(=O)C2C3CCC(CC3)C2C1=O. The van der Waals surface area contributed by atoms with Crippen molar-refractivity contribution in [3.8, 4) is 16.7 Å². The number of fused-ring (bicyclic) bond motifs is 3. The van der Waals surface area contributed by atoms with E-state index in [1.54, 1.807) is 7.11 Å². The summed E-state index contributed by atoms with van der Waals surface area (Å²) in [5.41, 5.74) is 2.73. The Bertz CT molecular complexity index is 1230. The number of benzene rings is 2. The van der Waals surface area contributed by atoms with E-state index in [4.69, 9.17) is 9.47 Å². The highest BCUT2D eigenvalue weighted by Gasteiger charge is 2.59. The Morgan fingerprint density at radius 3 is 2.24 bits per heavy atom. The number of carbonyl (C=O) groups is 2. The molecule has 1 heterocycles.